The van der Waals surface area contributed by atoms with E-state index in [1.807, 2.05) is 55.9 Å². The monoisotopic (exact) mass is 202 g/mol. The van der Waals surface area contributed by atoms with E-state index in [1.54, 1.807) is 0 Å². The predicted octanol–water partition coefficient (Wildman–Crippen LogP) is 1.75. The highest BCUT2D eigenvalue weighted by molar-refractivity contribution is 5.90. The van der Waals surface area contributed by atoms with Gasteiger partial charge in [0, 0.05) is 5.56 Å². The van der Waals surface area contributed by atoms with Crippen LogP contribution in [0.15, 0.2) is 30.3 Å². The summed E-state index contributed by atoms with van der Waals surface area (Å²) >= 11 is 0. The molecule has 0 spiro atoms. The van der Waals surface area contributed by atoms with Crippen LogP contribution in [0.5, 0.6) is 0 Å². The van der Waals surface area contributed by atoms with Gasteiger partial charge in [-0.25, -0.2) is 0 Å². The Balaban J connectivity index is 2.85. The molecule has 0 saturated heterocycles. The molecule has 0 saturated carbocycles. The topological polar surface area (TPSA) is 12.2 Å². The van der Waals surface area contributed by atoms with Crippen molar-refractivity contribution in [1.29, 1.82) is 0 Å². The van der Waals surface area contributed by atoms with Gasteiger partial charge in [0.1, 0.15) is 14.1 Å². The lowest BCUT2D eigenvalue weighted by Crippen LogP contribution is -2.15. The Kier molecular flexibility index (Phi) is 4.43. The highest BCUT2D eigenvalue weighted by Crippen LogP contribution is 1.94. The standard InChI is InChI=1S/C13H16NO/c1-4-15-13(14(2)3)11-10-12-8-6-5-7-9-12/h5-9H,4H2,1-3H3/q+1. The molecule has 1 aromatic carbocycles. The summed E-state index contributed by atoms with van der Waals surface area (Å²) in [7, 11) is 3.84. The molecular weight excluding hydrogens is 186 g/mol. The predicted molar refractivity (Wildman–Crippen MR) is 62.1 cm³/mol. The molecule has 2 nitrogen and oxygen atoms in total. The molecule has 0 radical (unpaired) electrons. The first-order valence-corrected chi connectivity index (χ1v) is 4.98. The number of rotatable bonds is 1. The number of hydrogen-bond donors (Lipinski definition) is 0. The molecule has 0 amide bonds. The van der Waals surface area contributed by atoms with Gasteiger partial charge in [0.15, 0.2) is 0 Å². The van der Waals surface area contributed by atoms with E-state index in [0.717, 1.165) is 5.56 Å². The van der Waals surface area contributed by atoms with Crippen molar-refractivity contribution in [1.82, 2.24) is 0 Å². The molecule has 0 N–H and O–H groups in total. The number of ether oxygens (including phenoxy) is 1. The van der Waals surface area contributed by atoms with Crippen molar-refractivity contribution in [3.05, 3.63) is 35.9 Å². The van der Waals surface area contributed by atoms with Crippen molar-refractivity contribution in [2.45, 2.75) is 6.92 Å². The average Bonchev–Trinajstić information content (AvgIpc) is 2.25. The van der Waals surface area contributed by atoms with Crippen molar-refractivity contribution in [2.75, 3.05) is 20.7 Å². The molecule has 1 aromatic rings. The van der Waals surface area contributed by atoms with Crippen LogP contribution in [0.3, 0.4) is 0 Å². The molecule has 15 heavy (non-hydrogen) atoms. The summed E-state index contributed by atoms with van der Waals surface area (Å²) in [6.07, 6.45) is 0. The van der Waals surface area contributed by atoms with Gasteiger partial charge in [0.2, 0.25) is 0 Å². The van der Waals surface area contributed by atoms with E-state index in [-0.39, 0.29) is 0 Å². The maximum absolute atomic E-state index is 5.39. The van der Waals surface area contributed by atoms with E-state index in [9.17, 15) is 0 Å². The fourth-order valence-electron chi connectivity index (χ4n) is 1.06. The smallest absolute Gasteiger partial charge is 0.417 e. The van der Waals surface area contributed by atoms with Crippen LogP contribution < -0.4 is 0 Å². The second kappa shape index (κ2) is 5.87. The summed E-state index contributed by atoms with van der Waals surface area (Å²) < 4.78 is 7.27. The fraction of sp³-hybridized carbons (Fsp3) is 0.308. The third-order valence-electron chi connectivity index (χ3n) is 1.77. The summed E-state index contributed by atoms with van der Waals surface area (Å²) in [6.45, 7) is 2.59. The Hall–Kier alpha value is -1.75. The maximum Gasteiger partial charge on any atom is 0.417 e. The summed E-state index contributed by atoms with van der Waals surface area (Å²) in [5.41, 5.74) is 0.997. The van der Waals surface area contributed by atoms with Crippen molar-refractivity contribution >= 4 is 5.90 Å². The van der Waals surface area contributed by atoms with E-state index < -0.39 is 0 Å². The molecule has 0 aliphatic heterocycles. The minimum absolute atomic E-state index is 0.636. The average molecular weight is 202 g/mol. The van der Waals surface area contributed by atoms with Gasteiger partial charge >= 0.3 is 5.90 Å². The van der Waals surface area contributed by atoms with Crippen molar-refractivity contribution in [3.63, 3.8) is 0 Å². The lowest BCUT2D eigenvalue weighted by Gasteiger charge is -1.96. The van der Waals surface area contributed by atoms with Crippen LogP contribution >= 0.6 is 0 Å². The molecule has 1 rings (SSSR count). The summed E-state index contributed by atoms with van der Waals surface area (Å²) in [5, 5.41) is 0. The maximum atomic E-state index is 5.39. The molecule has 2 heteroatoms. The van der Waals surface area contributed by atoms with Crippen molar-refractivity contribution in [3.8, 4) is 11.8 Å². The minimum Gasteiger partial charge on any atom is -0.438 e. The first-order chi connectivity index (χ1) is 7.24. The van der Waals surface area contributed by atoms with E-state index >= 15 is 0 Å². The summed E-state index contributed by atoms with van der Waals surface area (Å²) in [6, 6.07) is 9.88. The van der Waals surface area contributed by atoms with Crippen molar-refractivity contribution in [2.24, 2.45) is 0 Å². The van der Waals surface area contributed by atoms with Crippen LogP contribution in [0.25, 0.3) is 0 Å². The first kappa shape index (κ1) is 11.3. The second-order valence-corrected chi connectivity index (χ2v) is 3.25. The molecule has 0 bridgehead atoms. The largest absolute Gasteiger partial charge is 0.438 e. The second-order valence-electron chi connectivity index (χ2n) is 3.25. The van der Waals surface area contributed by atoms with E-state index in [4.69, 9.17) is 4.74 Å². The molecule has 0 aromatic heterocycles. The van der Waals surface area contributed by atoms with Crippen LogP contribution in [0.2, 0.25) is 0 Å². The quantitative estimate of drug-likeness (QED) is 0.292. The van der Waals surface area contributed by atoms with Gasteiger partial charge < -0.3 is 4.74 Å². The van der Waals surface area contributed by atoms with Gasteiger partial charge in [-0.15, -0.1) is 0 Å². The van der Waals surface area contributed by atoms with Crippen LogP contribution in [0.1, 0.15) is 12.5 Å². The van der Waals surface area contributed by atoms with E-state index in [0.29, 0.717) is 12.5 Å². The third-order valence-corrected chi connectivity index (χ3v) is 1.77. The Bertz CT molecular complexity index is 392. The van der Waals surface area contributed by atoms with Gasteiger partial charge in [-0.2, -0.15) is 4.58 Å². The van der Waals surface area contributed by atoms with Crippen molar-refractivity contribution < 1.29 is 9.31 Å². The zero-order valence-electron chi connectivity index (χ0n) is 9.45. The lowest BCUT2D eigenvalue weighted by atomic mass is 10.2. The highest BCUT2D eigenvalue weighted by atomic mass is 16.5. The third kappa shape index (κ3) is 3.86. The number of nitrogens with zero attached hydrogens (tertiary/aromatic N) is 1. The minimum atomic E-state index is 0.636. The molecule has 0 heterocycles. The Morgan fingerprint density at radius 2 is 1.93 bits per heavy atom. The van der Waals surface area contributed by atoms with Gasteiger partial charge in [0.25, 0.3) is 0 Å². The highest BCUT2D eigenvalue weighted by Gasteiger charge is 2.02. The Morgan fingerprint density at radius 3 is 2.47 bits per heavy atom. The molecular formula is C13H16NO+. The molecule has 78 valence electrons. The summed E-state index contributed by atoms with van der Waals surface area (Å²) in [5.74, 6) is 6.76. The number of hydrogen-bond acceptors (Lipinski definition) is 1. The van der Waals surface area contributed by atoms with Gasteiger partial charge in [-0.1, -0.05) is 24.1 Å². The van der Waals surface area contributed by atoms with Crippen LogP contribution in [0.4, 0.5) is 0 Å². The lowest BCUT2D eigenvalue weighted by molar-refractivity contribution is -0.472. The molecule has 0 aliphatic rings. The zero-order valence-corrected chi connectivity index (χ0v) is 9.45. The number of benzene rings is 1. The van der Waals surface area contributed by atoms with Crippen LogP contribution in [-0.4, -0.2) is 31.2 Å². The van der Waals surface area contributed by atoms with E-state index in [1.165, 1.54) is 0 Å². The normalized spacial score (nSPS) is 8.73. The fourth-order valence-corrected chi connectivity index (χ4v) is 1.06. The van der Waals surface area contributed by atoms with Gasteiger partial charge in [-0.05, 0) is 19.1 Å². The van der Waals surface area contributed by atoms with Crippen LogP contribution in [-0.2, 0) is 4.74 Å². The SMILES string of the molecule is CCOC(C#Cc1ccccc1)=[N+](C)C. The van der Waals surface area contributed by atoms with Crippen LogP contribution in [0, 0.1) is 11.8 Å². The summed E-state index contributed by atoms with van der Waals surface area (Å²) in [4.78, 5) is 0. The Morgan fingerprint density at radius 1 is 1.27 bits per heavy atom. The van der Waals surface area contributed by atoms with E-state index in [2.05, 4.69) is 11.8 Å². The molecule has 0 unspecified atom stereocenters. The Labute approximate surface area is 91.2 Å². The molecule has 0 atom stereocenters. The van der Waals surface area contributed by atoms with Gasteiger partial charge in [-0.3, -0.25) is 0 Å². The van der Waals surface area contributed by atoms with Gasteiger partial charge in [0.05, 0.1) is 12.5 Å². The molecule has 0 fully saturated rings. The zero-order chi connectivity index (χ0) is 11.1. The molecule has 0 aliphatic carbocycles. The first-order valence-electron chi connectivity index (χ1n) is 4.98.